The second kappa shape index (κ2) is 5.95. The molecule has 5 nitrogen and oxygen atoms in total. The van der Waals surface area contributed by atoms with Gasteiger partial charge in [0.15, 0.2) is 0 Å². The van der Waals surface area contributed by atoms with Crippen LogP contribution in [-0.4, -0.2) is 22.4 Å². The zero-order chi connectivity index (χ0) is 13.7. The summed E-state index contributed by atoms with van der Waals surface area (Å²) in [5, 5.41) is 5.96. The van der Waals surface area contributed by atoms with Crippen molar-refractivity contribution in [1.82, 2.24) is 9.97 Å². The van der Waals surface area contributed by atoms with E-state index in [9.17, 15) is 4.79 Å². The summed E-state index contributed by atoms with van der Waals surface area (Å²) in [6.07, 6.45) is 4.85. The minimum Gasteiger partial charge on any atom is -0.385 e. The van der Waals surface area contributed by atoms with Crippen LogP contribution in [0.4, 0.5) is 11.4 Å². The molecule has 98 valence electrons. The van der Waals surface area contributed by atoms with E-state index in [-0.39, 0.29) is 5.91 Å². The van der Waals surface area contributed by atoms with Gasteiger partial charge in [0.1, 0.15) is 0 Å². The summed E-state index contributed by atoms with van der Waals surface area (Å²) in [5.41, 5.74) is 2.84. The molecule has 2 N–H and O–H groups in total. The first-order valence-corrected chi connectivity index (χ1v) is 6.12. The van der Waals surface area contributed by atoms with Crippen molar-refractivity contribution in [2.24, 2.45) is 0 Å². The number of amides is 1. The normalized spacial score (nSPS) is 10.0. The van der Waals surface area contributed by atoms with Gasteiger partial charge in [-0.1, -0.05) is 0 Å². The van der Waals surface area contributed by atoms with Gasteiger partial charge in [-0.05, 0) is 32.0 Å². The van der Waals surface area contributed by atoms with Crippen molar-refractivity contribution in [2.45, 2.75) is 13.8 Å². The Morgan fingerprint density at radius 1 is 1.37 bits per heavy atom. The highest BCUT2D eigenvalue weighted by atomic mass is 16.1. The highest BCUT2D eigenvalue weighted by Gasteiger charge is 2.12. The molecule has 5 heteroatoms. The van der Waals surface area contributed by atoms with Crippen molar-refractivity contribution in [3.05, 3.63) is 48.0 Å². The average molecular weight is 256 g/mol. The van der Waals surface area contributed by atoms with E-state index in [2.05, 4.69) is 20.6 Å². The van der Waals surface area contributed by atoms with Gasteiger partial charge in [0.05, 0.1) is 23.1 Å². The molecule has 0 bridgehead atoms. The predicted molar refractivity (Wildman–Crippen MR) is 75.3 cm³/mol. The Hall–Kier alpha value is -2.43. The Bertz CT molecular complexity index is 569. The number of hydrogen-bond donors (Lipinski definition) is 2. The number of anilines is 2. The fourth-order valence-corrected chi connectivity index (χ4v) is 1.71. The first-order chi connectivity index (χ1) is 9.20. The molecule has 0 saturated carbocycles. The smallest absolute Gasteiger partial charge is 0.259 e. The molecule has 2 aromatic rings. The van der Waals surface area contributed by atoms with Gasteiger partial charge in [-0.3, -0.25) is 14.8 Å². The van der Waals surface area contributed by atoms with Crippen LogP contribution in [0.5, 0.6) is 0 Å². The van der Waals surface area contributed by atoms with E-state index in [4.69, 9.17) is 0 Å². The molecule has 19 heavy (non-hydrogen) atoms. The molecule has 0 spiro atoms. The summed E-state index contributed by atoms with van der Waals surface area (Å²) >= 11 is 0. The van der Waals surface area contributed by atoms with Crippen LogP contribution in [0.25, 0.3) is 0 Å². The van der Waals surface area contributed by atoms with Crippen molar-refractivity contribution >= 4 is 17.3 Å². The Balaban J connectivity index is 2.23. The molecule has 0 aliphatic rings. The first-order valence-electron chi connectivity index (χ1n) is 6.12. The number of pyridine rings is 2. The topological polar surface area (TPSA) is 66.9 Å². The Morgan fingerprint density at radius 3 is 2.89 bits per heavy atom. The van der Waals surface area contributed by atoms with Crippen LogP contribution in [-0.2, 0) is 0 Å². The zero-order valence-electron chi connectivity index (χ0n) is 11.0. The fraction of sp³-hybridized carbons (Fsp3) is 0.214. The Kier molecular flexibility index (Phi) is 4.07. The van der Waals surface area contributed by atoms with Crippen molar-refractivity contribution < 1.29 is 4.79 Å². The van der Waals surface area contributed by atoms with Gasteiger partial charge in [0.2, 0.25) is 0 Å². The van der Waals surface area contributed by atoms with Gasteiger partial charge in [-0.15, -0.1) is 0 Å². The van der Waals surface area contributed by atoms with Crippen molar-refractivity contribution in [1.29, 1.82) is 0 Å². The number of rotatable bonds is 4. The van der Waals surface area contributed by atoms with E-state index in [0.717, 1.165) is 17.9 Å². The molecule has 0 aromatic carbocycles. The van der Waals surface area contributed by atoms with Crippen molar-refractivity contribution in [2.75, 3.05) is 17.2 Å². The minimum atomic E-state index is -0.198. The third-order valence-electron chi connectivity index (χ3n) is 2.57. The summed E-state index contributed by atoms with van der Waals surface area (Å²) in [6.45, 7) is 4.62. The van der Waals surface area contributed by atoms with Crippen LogP contribution in [0.3, 0.4) is 0 Å². The molecule has 2 aromatic heterocycles. The summed E-state index contributed by atoms with van der Waals surface area (Å²) in [6, 6.07) is 5.43. The van der Waals surface area contributed by atoms with Crippen LogP contribution in [0, 0.1) is 6.92 Å². The molecule has 1 amide bonds. The lowest BCUT2D eigenvalue weighted by atomic mass is 10.2. The van der Waals surface area contributed by atoms with Gasteiger partial charge in [-0.25, -0.2) is 0 Å². The number of hydrogen-bond acceptors (Lipinski definition) is 4. The van der Waals surface area contributed by atoms with E-state index in [1.807, 2.05) is 19.9 Å². The molecule has 0 atom stereocenters. The summed E-state index contributed by atoms with van der Waals surface area (Å²) < 4.78 is 0. The number of nitrogens with one attached hydrogen (secondary N) is 2. The summed E-state index contributed by atoms with van der Waals surface area (Å²) in [7, 11) is 0. The zero-order valence-corrected chi connectivity index (χ0v) is 11.0. The largest absolute Gasteiger partial charge is 0.385 e. The lowest BCUT2D eigenvalue weighted by Crippen LogP contribution is -2.15. The lowest BCUT2D eigenvalue weighted by molar-refractivity contribution is 0.102. The molecule has 0 radical (unpaired) electrons. The highest BCUT2D eigenvalue weighted by Crippen LogP contribution is 2.17. The molecule has 0 fully saturated rings. The highest BCUT2D eigenvalue weighted by molar-refractivity contribution is 6.07. The maximum atomic E-state index is 12.2. The van der Waals surface area contributed by atoms with Gasteiger partial charge in [0.25, 0.3) is 5.91 Å². The first kappa shape index (κ1) is 13.0. The van der Waals surface area contributed by atoms with Crippen LogP contribution in [0.15, 0.2) is 36.8 Å². The molecule has 2 heterocycles. The van der Waals surface area contributed by atoms with Crippen LogP contribution < -0.4 is 10.6 Å². The molecule has 2 rings (SSSR count). The number of aromatic nitrogens is 2. The summed E-state index contributed by atoms with van der Waals surface area (Å²) in [4.78, 5) is 20.3. The molecule has 0 aliphatic carbocycles. The summed E-state index contributed by atoms with van der Waals surface area (Å²) in [5.74, 6) is -0.198. The molecule has 0 unspecified atom stereocenters. The number of carbonyl (C=O) groups is 1. The lowest BCUT2D eigenvalue weighted by Gasteiger charge is -2.11. The quantitative estimate of drug-likeness (QED) is 0.881. The average Bonchev–Trinajstić information content (AvgIpc) is 2.40. The third kappa shape index (κ3) is 3.28. The minimum absolute atomic E-state index is 0.198. The molecule has 0 aliphatic heterocycles. The molecule has 0 saturated heterocycles. The van der Waals surface area contributed by atoms with Gasteiger partial charge in [-0.2, -0.15) is 0 Å². The Labute approximate surface area is 112 Å². The SMILES string of the molecule is CCNc1cc(C)ncc1C(=O)Nc1cccnc1. The number of aryl methyl sites for hydroxylation is 1. The van der Waals surface area contributed by atoms with Gasteiger partial charge < -0.3 is 10.6 Å². The van der Waals surface area contributed by atoms with E-state index in [0.29, 0.717) is 11.3 Å². The number of nitrogens with zero attached hydrogens (tertiary/aromatic N) is 2. The third-order valence-corrected chi connectivity index (χ3v) is 2.57. The van der Waals surface area contributed by atoms with Crippen LogP contribution in [0.1, 0.15) is 23.0 Å². The molecular weight excluding hydrogens is 240 g/mol. The van der Waals surface area contributed by atoms with E-state index in [1.165, 1.54) is 0 Å². The van der Waals surface area contributed by atoms with Crippen LogP contribution >= 0.6 is 0 Å². The molecular formula is C14H16N4O. The van der Waals surface area contributed by atoms with Gasteiger partial charge >= 0.3 is 0 Å². The predicted octanol–water partition coefficient (Wildman–Crippen LogP) is 2.47. The monoisotopic (exact) mass is 256 g/mol. The maximum Gasteiger partial charge on any atom is 0.259 e. The second-order valence-electron chi connectivity index (χ2n) is 4.10. The Morgan fingerprint density at radius 2 is 2.21 bits per heavy atom. The second-order valence-corrected chi connectivity index (χ2v) is 4.10. The van der Waals surface area contributed by atoms with E-state index in [1.54, 1.807) is 30.7 Å². The van der Waals surface area contributed by atoms with E-state index < -0.39 is 0 Å². The van der Waals surface area contributed by atoms with E-state index >= 15 is 0 Å². The fourth-order valence-electron chi connectivity index (χ4n) is 1.71. The standard InChI is InChI=1S/C14H16N4O/c1-3-16-13-7-10(2)17-9-12(13)14(19)18-11-5-4-6-15-8-11/h4-9H,3H2,1-2H3,(H,16,17)(H,18,19). The van der Waals surface area contributed by atoms with Crippen molar-refractivity contribution in [3.63, 3.8) is 0 Å². The van der Waals surface area contributed by atoms with Gasteiger partial charge in [0, 0.05) is 24.6 Å². The maximum absolute atomic E-state index is 12.2. The number of carbonyl (C=O) groups excluding carboxylic acids is 1. The van der Waals surface area contributed by atoms with Crippen LogP contribution in [0.2, 0.25) is 0 Å². The van der Waals surface area contributed by atoms with Crippen molar-refractivity contribution in [3.8, 4) is 0 Å².